The van der Waals surface area contributed by atoms with Gasteiger partial charge < -0.3 is 11.1 Å². The van der Waals surface area contributed by atoms with Crippen molar-refractivity contribution < 1.29 is 4.79 Å². The second-order valence-corrected chi connectivity index (χ2v) is 4.07. The first-order valence-corrected chi connectivity index (χ1v) is 5.14. The molecule has 1 rings (SSSR count). The third-order valence-corrected chi connectivity index (χ3v) is 2.42. The zero-order valence-corrected chi connectivity index (χ0v) is 9.45. The van der Waals surface area contributed by atoms with Gasteiger partial charge in [-0.25, -0.2) is 0 Å². The van der Waals surface area contributed by atoms with Crippen LogP contribution in [0.4, 0.5) is 5.69 Å². The Kier molecular flexibility index (Phi) is 3.86. The number of aryl methyl sites for hydroxylation is 1. The van der Waals surface area contributed by atoms with Crippen LogP contribution in [0.5, 0.6) is 0 Å². The highest BCUT2D eigenvalue weighted by atomic mass is 16.2. The SMILES string of the molecule is Cc1ccccc1NC(=O)C(N)C(C)C. The van der Waals surface area contributed by atoms with Crippen LogP contribution in [-0.2, 0) is 4.79 Å². The van der Waals surface area contributed by atoms with Crippen molar-refractivity contribution in [2.24, 2.45) is 11.7 Å². The van der Waals surface area contributed by atoms with Gasteiger partial charge in [0.15, 0.2) is 0 Å². The molecule has 3 nitrogen and oxygen atoms in total. The summed E-state index contributed by atoms with van der Waals surface area (Å²) in [7, 11) is 0. The second kappa shape index (κ2) is 4.94. The summed E-state index contributed by atoms with van der Waals surface area (Å²) in [4.78, 5) is 11.7. The Hall–Kier alpha value is -1.35. The number of para-hydroxylation sites is 1. The van der Waals surface area contributed by atoms with Crippen molar-refractivity contribution in [1.82, 2.24) is 0 Å². The molecule has 0 radical (unpaired) electrons. The Labute approximate surface area is 90.7 Å². The highest BCUT2D eigenvalue weighted by Crippen LogP contribution is 2.13. The highest BCUT2D eigenvalue weighted by molar-refractivity contribution is 5.95. The van der Waals surface area contributed by atoms with E-state index >= 15 is 0 Å². The van der Waals surface area contributed by atoms with E-state index in [-0.39, 0.29) is 11.8 Å². The molecule has 1 aromatic rings. The molecule has 1 aromatic carbocycles. The highest BCUT2D eigenvalue weighted by Gasteiger charge is 2.17. The number of carbonyl (C=O) groups excluding carboxylic acids is 1. The van der Waals surface area contributed by atoms with Gasteiger partial charge in [0, 0.05) is 5.69 Å². The van der Waals surface area contributed by atoms with Gasteiger partial charge in [0.05, 0.1) is 6.04 Å². The van der Waals surface area contributed by atoms with E-state index in [4.69, 9.17) is 5.73 Å². The van der Waals surface area contributed by atoms with Crippen molar-refractivity contribution >= 4 is 11.6 Å². The maximum atomic E-state index is 11.7. The third kappa shape index (κ3) is 3.06. The number of amides is 1. The molecule has 0 heterocycles. The molecule has 0 aromatic heterocycles. The first kappa shape index (κ1) is 11.7. The first-order valence-electron chi connectivity index (χ1n) is 5.14. The summed E-state index contributed by atoms with van der Waals surface area (Å²) < 4.78 is 0. The van der Waals surface area contributed by atoms with E-state index in [0.717, 1.165) is 11.3 Å². The molecule has 0 aliphatic heterocycles. The van der Waals surface area contributed by atoms with Gasteiger partial charge >= 0.3 is 0 Å². The molecule has 1 atom stereocenters. The number of rotatable bonds is 3. The van der Waals surface area contributed by atoms with Crippen molar-refractivity contribution in [2.45, 2.75) is 26.8 Å². The lowest BCUT2D eigenvalue weighted by Crippen LogP contribution is -2.39. The van der Waals surface area contributed by atoms with Crippen LogP contribution >= 0.6 is 0 Å². The molecule has 0 aliphatic carbocycles. The van der Waals surface area contributed by atoms with Gasteiger partial charge in [0.25, 0.3) is 0 Å². The Morgan fingerprint density at radius 2 is 1.93 bits per heavy atom. The minimum Gasteiger partial charge on any atom is -0.324 e. The summed E-state index contributed by atoms with van der Waals surface area (Å²) in [5, 5.41) is 2.83. The monoisotopic (exact) mass is 206 g/mol. The normalized spacial score (nSPS) is 12.6. The average molecular weight is 206 g/mol. The Balaban J connectivity index is 2.71. The zero-order chi connectivity index (χ0) is 11.4. The maximum Gasteiger partial charge on any atom is 0.241 e. The zero-order valence-electron chi connectivity index (χ0n) is 9.45. The molecule has 3 N–H and O–H groups in total. The molecular formula is C12H18N2O. The molecule has 0 saturated carbocycles. The fourth-order valence-corrected chi connectivity index (χ4v) is 1.23. The number of carbonyl (C=O) groups is 1. The fraction of sp³-hybridized carbons (Fsp3) is 0.417. The van der Waals surface area contributed by atoms with Crippen LogP contribution in [0.1, 0.15) is 19.4 Å². The molecular weight excluding hydrogens is 188 g/mol. The van der Waals surface area contributed by atoms with Crippen LogP contribution in [0.2, 0.25) is 0 Å². The molecule has 0 bridgehead atoms. The minimum absolute atomic E-state index is 0.126. The molecule has 1 amide bonds. The molecule has 3 heteroatoms. The second-order valence-electron chi connectivity index (χ2n) is 4.07. The predicted molar refractivity (Wildman–Crippen MR) is 62.6 cm³/mol. The molecule has 1 unspecified atom stereocenters. The molecule has 0 aliphatic rings. The van der Waals surface area contributed by atoms with E-state index in [2.05, 4.69) is 5.32 Å². The molecule has 0 spiro atoms. The van der Waals surface area contributed by atoms with Gasteiger partial charge in [-0.2, -0.15) is 0 Å². The van der Waals surface area contributed by atoms with Gasteiger partial charge in [0.1, 0.15) is 0 Å². The number of nitrogens with one attached hydrogen (secondary N) is 1. The molecule has 0 fully saturated rings. The number of nitrogens with two attached hydrogens (primary N) is 1. The van der Waals surface area contributed by atoms with Gasteiger partial charge in [-0.15, -0.1) is 0 Å². The fourth-order valence-electron chi connectivity index (χ4n) is 1.23. The summed E-state index contributed by atoms with van der Waals surface area (Å²) in [5.74, 6) is 0.0216. The summed E-state index contributed by atoms with van der Waals surface area (Å²) >= 11 is 0. The van der Waals surface area contributed by atoms with Gasteiger partial charge in [0.2, 0.25) is 5.91 Å². The number of hydrogen-bond donors (Lipinski definition) is 2. The third-order valence-electron chi connectivity index (χ3n) is 2.42. The smallest absolute Gasteiger partial charge is 0.241 e. The van der Waals surface area contributed by atoms with Crippen molar-refractivity contribution in [2.75, 3.05) is 5.32 Å². The van der Waals surface area contributed by atoms with E-state index in [1.165, 1.54) is 0 Å². The Bertz CT molecular complexity index is 347. The van der Waals surface area contributed by atoms with Gasteiger partial charge in [-0.1, -0.05) is 32.0 Å². The molecule has 82 valence electrons. The lowest BCUT2D eigenvalue weighted by molar-refractivity contribution is -0.118. The quantitative estimate of drug-likeness (QED) is 0.793. The summed E-state index contributed by atoms with van der Waals surface area (Å²) in [6, 6.07) is 7.21. The Morgan fingerprint density at radius 3 is 2.47 bits per heavy atom. The van der Waals surface area contributed by atoms with Crippen molar-refractivity contribution in [3.8, 4) is 0 Å². The number of benzene rings is 1. The van der Waals surface area contributed by atoms with Crippen LogP contribution in [0, 0.1) is 12.8 Å². The van der Waals surface area contributed by atoms with E-state index in [1.54, 1.807) is 0 Å². The largest absolute Gasteiger partial charge is 0.324 e. The van der Waals surface area contributed by atoms with Crippen LogP contribution in [0.25, 0.3) is 0 Å². The lowest BCUT2D eigenvalue weighted by atomic mass is 10.0. The summed E-state index contributed by atoms with van der Waals surface area (Å²) in [6.07, 6.45) is 0. The van der Waals surface area contributed by atoms with Crippen LogP contribution < -0.4 is 11.1 Å². The number of hydrogen-bond acceptors (Lipinski definition) is 2. The summed E-state index contributed by atoms with van der Waals surface area (Å²) in [5.41, 5.74) is 7.62. The van der Waals surface area contributed by atoms with E-state index < -0.39 is 6.04 Å². The van der Waals surface area contributed by atoms with Crippen molar-refractivity contribution in [3.05, 3.63) is 29.8 Å². The van der Waals surface area contributed by atoms with Gasteiger partial charge in [-0.3, -0.25) is 4.79 Å². The van der Waals surface area contributed by atoms with Crippen LogP contribution in [0.3, 0.4) is 0 Å². The lowest BCUT2D eigenvalue weighted by Gasteiger charge is -2.16. The standard InChI is InChI=1S/C12H18N2O/c1-8(2)11(13)12(15)14-10-7-5-4-6-9(10)3/h4-8,11H,13H2,1-3H3,(H,14,15). The van der Waals surface area contributed by atoms with Crippen molar-refractivity contribution in [1.29, 1.82) is 0 Å². The van der Waals surface area contributed by atoms with Crippen LogP contribution in [-0.4, -0.2) is 11.9 Å². The Morgan fingerprint density at radius 1 is 1.33 bits per heavy atom. The maximum absolute atomic E-state index is 11.7. The van der Waals surface area contributed by atoms with Crippen LogP contribution in [0.15, 0.2) is 24.3 Å². The van der Waals surface area contributed by atoms with Crippen molar-refractivity contribution in [3.63, 3.8) is 0 Å². The number of anilines is 1. The van der Waals surface area contributed by atoms with E-state index in [0.29, 0.717) is 0 Å². The van der Waals surface area contributed by atoms with E-state index in [1.807, 2.05) is 45.0 Å². The van der Waals surface area contributed by atoms with E-state index in [9.17, 15) is 4.79 Å². The molecule has 15 heavy (non-hydrogen) atoms. The molecule has 0 saturated heterocycles. The summed E-state index contributed by atoms with van der Waals surface area (Å²) in [6.45, 7) is 5.82. The average Bonchev–Trinajstić information content (AvgIpc) is 2.20. The predicted octanol–water partition coefficient (Wildman–Crippen LogP) is 1.92. The topological polar surface area (TPSA) is 55.1 Å². The first-order chi connectivity index (χ1) is 7.02. The van der Waals surface area contributed by atoms with Gasteiger partial charge in [-0.05, 0) is 24.5 Å². The minimum atomic E-state index is -0.454.